The SMILES string of the molecule is CC(=O)OC(CC(=O)OC1CCNC(=O)C(Nc2cc(-n3nc(C)c4c3CC(C)(C)CC4=O)cc(F)c2C(N)=O)C1)C[N+](C)(C)C.[Cl-]. The van der Waals surface area contributed by atoms with Crippen molar-refractivity contribution in [3.05, 3.63) is 40.5 Å². The molecule has 1 aliphatic carbocycles. The van der Waals surface area contributed by atoms with Gasteiger partial charge in [-0.2, -0.15) is 5.10 Å². The zero-order valence-corrected chi connectivity index (χ0v) is 28.6. The number of esters is 2. The Morgan fingerprint density at radius 3 is 2.51 bits per heavy atom. The van der Waals surface area contributed by atoms with Gasteiger partial charge >= 0.3 is 11.9 Å². The lowest BCUT2D eigenvalue weighted by Crippen LogP contribution is -3.00. The molecule has 258 valence electrons. The highest BCUT2D eigenvalue weighted by Gasteiger charge is 2.37. The third kappa shape index (κ3) is 9.28. The van der Waals surface area contributed by atoms with Gasteiger partial charge in [0, 0.05) is 38.8 Å². The Kier molecular flexibility index (Phi) is 11.5. The summed E-state index contributed by atoms with van der Waals surface area (Å²) in [6.45, 7) is 7.52. The molecule has 13 nitrogen and oxygen atoms in total. The van der Waals surface area contributed by atoms with Gasteiger partial charge in [0.1, 0.15) is 24.5 Å². The first-order valence-electron chi connectivity index (χ1n) is 15.3. The average Bonchev–Trinajstić information content (AvgIpc) is 3.10. The number of Topliss-reactive ketones (excluding diaryl/α,β-unsaturated/α-hetero) is 1. The number of primary amides is 1. The second-order valence-corrected chi connectivity index (χ2v) is 14.0. The van der Waals surface area contributed by atoms with E-state index in [-0.39, 0.29) is 54.4 Å². The Labute approximate surface area is 279 Å². The topological polar surface area (TPSA) is 172 Å². The Balaban J connectivity index is 0.00000600. The van der Waals surface area contributed by atoms with Crippen LogP contribution in [0.15, 0.2) is 12.1 Å². The van der Waals surface area contributed by atoms with Gasteiger partial charge in [-0.15, -0.1) is 0 Å². The standard InChI is InChI=1S/C32H43FN6O7.ClH/c1-17-28-25(14-32(3,4)15-26(28)41)38(37-17)19-10-22(33)29(30(34)43)23(11-19)36-24-12-20(8-9-35-31(24)44)46-27(42)13-21(45-18(2)40)16-39(5,6)7;/h10-11,20-21,24H,8-9,12-16H2,1-7H3,(H3-,34,35,36,43,44);1H. The summed E-state index contributed by atoms with van der Waals surface area (Å²) < 4.78 is 28.6. The molecular formula is C32H44ClFN6O7. The number of hydrogen-bond donors (Lipinski definition) is 3. The maximum atomic E-state index is 15.6. The van der Waals surface area contributed by atoms with Gasteiger partial charge in [0.05, 0.1) is 61.5 Å². The van der Waals surface area contributed by atoms with E-state index in [0.717, 1.165) is 6.07 Å². The summed E-state index contributed by atoms with van der Waals surface area (Å²) >= 11 is 0. The number of aryl methyl sites for hydroxylation is 1. The lowest BCUT2D eigenvalue weighted by atomic mass is 9.75. The van der Waals surface area contributed by atoms with E-state index in [0.29, 0.717) is 47.2 Å². The number of nitrogens with two attached hydrogens (primary N) is 1. The van der Waals surface area contributed by atoms with Crippen LogP contribution < -0.4 is 28.8 Å². The molecule has 2 aliphatic rings. The van der Waals surface area contributed by atoms with Gasteiger partial charge in [-0.1, -0.05) is 13.8 Å². The first-order valence-corrected chi connectivity index (χ1v) is 15.3. The summed E-state index contributed by atoms with van der Waals surface area (Å²) in [7, 11) is 5.71. The molecule has 3 atom stereocenters. The summed E-state index contributed by atoms with van der Waals surface area (Å²) in [6, 6.07) is 1.56. The largest absolute Gasteiger partial charge is 1.00 e. The normalized spacial score (nSPS) is 19.7. The first kappa shape index (κ1) is 37.4. The third-order valence-electron chi connectivity index (χ3n) is 7.97. The highest BCUT2D eigenvalue weighted by atomic mass is 35.5. The van der Waals surface area contributed by atoms with Crippen molar-refractivity contribution in [2.75, 3.05) is 39.5 Å². The number of halogens is 2. The van der Waals surface area contributed by atoms with E-state index in [1.807, 2.05) is 35.0 Å². The summed E-state index contributed by atoms with van der Waals surface area (Å²) in [5.41, 5.74) is 6.61. The van der Waals surface area contributed by atoms with Crippen molar-refractivity contribution in [2.24, 2.45) is 11.1 Å². The smallest absolute Gasteiger partial charge is 0.310 e. The number of nitrogens with one attached hydrogen (secondary N) is 2. The van der Waals surface area contributed by atoms with Crippen molar-refractivity contribution in [1.29, 1.82) is 0 Å². The van der Waals surface area contributed by atoms with Gasteiger partial charge in [0.25, 0.3) is 5.91 Å². The van der Waals surface area contributed by atoms with Crippen LogP contribution in [0.1, 0.15) is 78.6 Å². The lowest BCUT2D eigenvalue weighted by molar-refractivity contribution is -0.873. The molecule has 2 aromatic rings. The molecule has 1 fully saturated rings. The van der Waals surface area contributed by atoms with Crippen molar-refractivity contribution in [3.8, 4) is 5.69 Å². The van der Waals surface area contributed by atoms with Crippen LogP contribution in [0.3, 0.4) is 0 Å². The maximum Gasteiger partial charge on any atom is 0.310 e. The number of rotatable bonds is 10. The zero-order valence-electron chi connectivity index (χ0n) is 27.9. The number of ether oxygens (including phenoxy) is 2. The Bertz CT molecular complexity index is 1570. The van der Waals surface area contributed by atoms with Gasteiger partial charge in [-0.25, -0.2) is 9.07 Å². The van der Waals surface area contributed by atoms with Crippen LogP contribution in [-0.2, 0) is 30.3 Å². The van der Waals surface area contributed by atoms with E-state index in [4.69, 9.17) is 15.2 Å². The first-order chi connectivity index (χ1) is 21.3. The molecule has 47 heavy (non-hydrogen) atoms. The number of carbonyl (C=O) groups excluding carboxylic acids is 5. The fraction of sp³-hybridized carbons (Fsp3) is 0.562. The molecule has 2 heterocycles. The minimum atomic E-state index is -1.05. The van der Waals surface area contributed by atoms with Crippen LogP contribution >= 0.6 is 0 Å². The summed E-state index contributed by atoms with van der Waals surface area (Å²) in [4.78, 5) is 63.0. The molecule has 1 aromatic heterocycles. The van der Waals surface area contributed by atoms with Crippen LogP contribution in [0.2, 0.25) is 0 Å². The second-order valence-electron chi connectivity index (χ2n) is 14.0. The van der Waals surface area contributed by atoms with Gasteiger partial charge in [-0.05, 0) is 24.8 Å². The number of ketones is 1. The number of carbonyl (C=O) groups is 5. The average molecular weight is 679 g/mol. The number of quaternary nitrogens is 1. The van der Waals surface area contributed by atoms with Crippen molar-refractivity contribution >= 4 is 35.2 Å². The van der Waals surface area contributed by atoms with Crippen LogP contribution in [-0.4, -0.2) is 96.3 Å². The van der Waals surface area contributed by atoms with E-state index in [1.165, 1.54) is 17.7 Å². The summed E-state index contributed by atoms with van der Waals surface area (Å²) in [5.74, 6) is -3.58. The molecule has 4 rings (SSSR count). The lowest BCUT2D eigenvalue weighted by Gasteiger charge is -2.29. The third-order valence-corrected chi connectivity index (χ3v) is 7.97. The molecular weight excluding hydrogens is 635 g/mol. The molecule has 1 aromatic carbocycles. The monoisotopic (exact) mass is 678 g/mol. The van der Waals surface area contributed by atoms with Crippen LogP contribution in [0, 0.1) is 18.2 Å². The second kappa shape index (κ2) is 14.4. The van der Waals surface area contributed by atoms with Crippen LogP contribution in [0.4, 0.5) is 10.1 Å². The zero-order chi connectivity index (χ0) is 34.1. The summed E-state index contributed by atoms with van der Waals surface area (Å²) in [6.07, 6.45) is -0.399. The molecule has 15 heteroatoms. The van der Waals surface area contributed by atoms with E-state index in [1.54, 1.807) is 6.92 Å². The van der Waals surface area contributed by atoms with Crippen molar-refractivity contribution in [1.82, 2.24) is 15.1 Å². The van der Waals surface area contributed by atoms with Gasteiger partial charge < -0.3 is 42.7 Å². The molecule has 0 radical (unpaired) electrons. The van der Waals surface area contributed by atoms with E-state index < -0.39 is 53.4 Å². The molecule has 0 bridgehead atoms. The van der Waals surface area contributed by atoms with Crippen molar-refractivity contribution in [3.63, 3.8) is 0 Å². The molecule has 0 spiro atoms. The number of hydrogen-bond acceptors (Lipinski definition) is 9. The maximum absolute atomic E-state index is 15.6. The van der Waals surface area contributed by atoms with E-state index in [2.05, 4.69) is 15.7 Å². The minimum Gasteiger partial charge on any atom is -1.00 e. The van der Waals surface area contributed by atoms with Gasteiger partial charge in [0.15, 0.2) is 11.9 Å². The number of amides is 2. The van der Waals surface area contributed by atoms with Gasteiger partial charge in [-0.3, -0.25) is 24.0 Å². The Hall–Kier alpha value is -4.04. The number of anilines is 1. The molecule has 1 saturated heterocycles. The molecule has 3 unspecified atom stereocenters. The Morgan fingerprint density at radius 2 is 1.89 bits per heavy atom. The van der Waals surface area contributed by atoms with Crippen LogP contribution in [0.25, 0.3) is 5.69 Å². The number of nitrogens with zero attached hydrogens (tertiary/aromatic N) is 3. The van der Waals surface area contributed by atoms with E-state index in [9.17, 15) is 24.0 Å². The minimum absolute atomic E-state index is 0. The number of aromatic nitrogens is 2. The van der Waals surface area contributed by atoms with Gasteiger partial charge in [0.2, 0.25) is 5.91 Å². The fourth-order valence-electron chi connectivity index (χ4n) is 6.23. The quantitative estimate of drug-likeness (QED) is 0.215. The van der Waals surface area contributed by atoms with Crippen LogP contribution in [0.5, 0.6) is 0 Å². The predicted octanol–water partition coefficient (Wildman–Crippen LogP) is -0.792. The highest BCUT2D eigenvalue weighted by Crippen LogP contribution is 2.38. The summed E-state index contributed by atoms with van der Waals surface area (Å²) in [5, 5.41) is 10.3. The van der Waals surface area contributed by atoms with E-state index >= 15 is 4.39 Å². The Morgan fingerprint density at radius 1 is 1.21 bits per heavy atom. The highest BCUT2D eigenvalue weighted by molar-refractivity contribution is 6.01. The molecule has 0 saturated carbocycles. The predicted molar refractivity (Wildman–Crippen MR) is 166 cm³/mol. The number of benzene rings is 1. The van der Waals surface area contributed by atoms with Crippen molar-refractivity contribution in [2.45, 2.75) is 78.0 Å². The molecule has 2 amide bonds. The van der Waals surface area contributed by atoms with Crippen molar-refractivity contribution < 1.29 is 54.7 Å². The molecule has 4 N–H and O–H groups in total. The number of likely N-dealkylation sites (N-methyl/N-ethyl adjacent to an activating group) is 1. The number of fused-ring (bicyclic) bond motifs is 1. The molecule has 1 aliphatic heterocycles. The fourth-order valence-corrected chi connectivity index (χ4v) is 6.23.